The normalized spacial score (nSPS) is 10.4. The molecule has 14 heavy (non-hydrogen) atoms. The lowest BCUT2D eigenvalue weighted by Crippen LogP contribution is -1.81. The predicted molar refractivity (Wildman–Crippen MR) is 59.8 cm³/mol. The molecule has 2 rings (SSSR count). The van der Waals surface area contributed by atoms with E-state index >= 15 is 0 Å². The number of hydrogen-bond acceptors (Lipinski definition) is 4. The zero-order valence-electron chi connectivity index (χ0n) is 6.87. The van der Waals surface area contributed by atoms with Crippen LogP contribution in [0, 0.1) is 0 Å². The zero-order chi connectivity index (χ0) is 10.1. The van der Waals surface area contributed by atoms with Crippen LogP contribution in [-0.2, 0) is 0 Å². The molecule has 0 fully saturated rings. The summed E-state index contributed by atoms with van der Waals surface area (Å²) in [7, 11) is 0. The Hall–Kier alpha value is -0.840. The lowest BCUT2D eigenvalue weighted by atomic mass is 10.2. The van der Waals surface area contributed by atoms with E-state index in [1.54, 1.807) is 12.1 Å². The summed E-state index contributed by atoms with van der Waals surface area (Å²) < 4.78 is 0. The lowest BCUT2D eigenvalue weighted by Gasteiger charge is -2.00. The van der Waals surface area contributed by atoms with E-state index < -0.39 is 0 Å². The number of nitrogens with two attached hydrogens (primary N) is 1. The number of anilines is 1. The van der Waals surface area contributed by atoms with Crippen LogP contribution < -0.4 is 5.73 Å². The van der Waals surface area contributed by atoms with Crippen LogP contribution in [-0.4, -0.2) is 10.2 Å². The van der Waals surface area contributed by atoms with Gasteiger partial charge in [-0.25, -0.2) is 0 Å². The van der Waals surface area contributed by atoms with Crippen LogP contribution in [0.5, 0.6) is 0 Å². The van der Waals surface area contributed by atoms with E-state index in [0.717, 1.165) is 5.56 Å². The van der Waals surface area contributed by atoms with Gasteiger partial charge in [0.2, 0.25) is 5.13 Å². The van der Waals surface area contributed by atoms with E-state index in [1.165, 1.54) is 11.3 Å². The Kier molecular flexibility index (Phi) is 2.58. The molecule has 0 atom stereocenters. The predicted octanol–water partition coefficient (Wildman–Crippen LogP) is 3.09. The molecule has 2 aromatic rings. The second kappa shape index (κ2) is 3.73. The van der Waals surface area contributed by atoms with Crippen LogP contribution in [0.15, 0.2) is 18.2 Å². The highest BCUT2D eigenvalue weighted by atomic mass is 35.5. The molecule has 0 aliphatic heterocycles. The van der Waals surface area contributed by atoms with E-state index in [-0.39, 0.29) is 0 Å². The van der Waals surface area contributed by atoms with Gasteiger partial charge in [0.1, 0.15) is 0 Å². The summed E-state index contributed by atoms with van der Waals surface area (Å²) in [4.78, 5) is 0. The third-order valence-corrected chi connectivity index (χ3v) is 3.23. The molecule has 0 bridgehead atoms. The third-order valence-electron chi connectivity index (χ3n) is 1.62. The van der Waals surface area contributed by atoms with Crippen molar-refractivity contribution < 1.29 is 0 Å². The highest BCUT2D eigenvalue weighted by Crippen LogP contribution is 2.35. The van der Waals surface area contributed by atoms with Gasteiger partial charge >= 0.3 is 0 Å². The number of nitrogens with zero attached hydrogens (tertiary/aromatic N) is 2. The summed E-state index contributed by atoms with van der Waals surface area (Å²) in [5.41, 5.74) is 6.23. The molecule has 6 heteroatoms. The van der Waals surface area contributed by atoms with E-state index in [1.807, 2.05) is 6.07 Å². The van der Waals surface area contributed by atoms with Crippen LogP contribution in [0.4, 0.5) is 5.13 Å². The first kappa shape index (κ1) is 9.71. The van der Waals surface area contributed by atoms with Crippen molar-refractivity contribution in [2.24, 2.45) is 0 Å². The molecule has 0 saturated carbocycles. The molecule has 0 radical (unpaired) electrons. The van der Waals surface area contributed by atoms with Crippen molar-refractivity contribution in [2.75, 3.05) is 5.73 Å². The number of hydrogen-bond donors (Lipinski definition) is 1. The summed E-state index contributed by atoms with van der Waals surface area (Å²) >= 11 is 13.1. The lowest BCUT2D eigenvalue weighted by molar-refractivity contribution is 1.10. The van der Waals surface area contributed by atoms with Crippen molar-refractivity contribution >= 4 is 39.7 Å². The SMILES string of the molecule is Nc1nnc(-c2cccc(Cl)c2Cl)s1. The van der Waals surface area contributed by atoms with Crippen molar-refractivity contribution in [1.29, 1.82) is 0 Å². The Morgan fingerprint density at radius 1 is 1.21 bits per heavy atom. The minimum absolute atomic E-state index is 0.413. The second-order valence-electron chi connectivity index (χ2n) is 2.55. The van der Waals surface area contributed by atoms with Crippen LogP contribution >= 0.6 is 34.5 Å². The standard InChI is InChI=1S/C8H5Cl2N3S/c9-5-3-1-2-4(6(5)10)7-12-13-8(11)14-7/h1-3H,(H2,11,13). The van der Waals surface area contributed by atoms with Crippen LogP contribution in [0.1, 0.15) is 0 Å². The van der Waals surface area contributed by atoms with E-state index in [4.69, 9.17) is 28.9 Å². The summed E-state index contributed by atoms with van der Waals surface area (Å²) in [6.45, 7) is 0. The minimum atomic E-state index is 0.413. The van der Waals surface area contributed by atoms with Gasteiger partial charge in [0.25, 0.3) is 0 Å². The van der Waals surface area contributed by atoms with Gasteiger partial charge in [-0.05, 0) is 6.07 Å². The van der Waals surface area contributed by atoms with Gasteiger partial charge in [0.15, 0.2) is 5.01 Å². The highest BCUT2D eigenvalue weighted by Gasteiger charge is 2.10. The molecule has 2 N–H and O–H groups in total. The van der Waals surface area contributed by atoms with E-state index in [2.05, 4.69) is 10.2 Å². The molecule has 0 spiro atoms. The van der Waals surface area contributed by atoms with Gasteiger partial charge in [-0.2, -0.15) is 0 Å². The number of nitrogen functional groups attached to an aromatic ring is 1. The zero-order valence-corrected chi connectivity index (χ0v) is 9.20. The molecule has 0 aliphatic carbocycles. The molecule has 1 aromatic carbocycles. The molecular weight excluding hydrogens is 241 g/mol. The first-order chi connectivity index (χ1) is 6.68. The topological polar surface area (TPSA) is 51.8 Å². The molecule has 3 nitrogen and oxygen atoms in total. The van der Waals surface area contributed by atoms with Gasteiger partial charge < -0.3 is 5.73 Å². The number of benzene rings is 1. The van der Waals surface area contributed by atoms with Crippen molar-refractivity contribution in [2.45, 2.75) is 0 Å². The van der Waals surface area contributed by atoms with Crippen LogP contribution in [0.25, 0.3) is 10.6 Å². The third kappa shape index (κ3) is 1.68. The summed E-state index contributed by atoms with van der Waals surface area (Å²) in [6.07, 6.45) is 0. The molecule has 1 aromatic heterocycles. The average Bonchev–Trinajstić information content (AvgIpc) is 2.57. The van der Waals surface area contributed by atoms with Crippen molar-refractivity contribution in [3.05, 3.63) is 28.2 Å². The second-order valence-corrected chi connectivity index (χ2v) is 4.34. The van der Waals surface area contributed by atoms with E-state index in [9.17, 15) is 0 Å². The first-order valence-electron chi connectivity index (χ1n) is 3.72. The fourth-order valence-electron chi connectivity index (χ4n) is 1.01. The Balaban J connectivity index is 2.57. The molecule has 0 saturated heterocycles. The van der Waals surface area contributed by atoms with Gasteiger partial charge in [0, 0.05) is 5.56 Å². The molecular formula is C8H5Cl2N3S. The quantitative estimate of drug-likeness (QED) is 0.841. The number of aromatic nitrogens is 2. The molecule has 1 heterocycles. The minimum Gasteiger partial charge on any atom is -0.374 e. The summed E-state index contributed by atoms with van der Waals surface area (Å²) in [6, 6.07) is 5.35. The van der Waals surface area contributed by atoms with Crippen molar-refractivity contribution in [3.63, 3.8) is 0 Å². The molecule has 0 unspecified atom stereocenters. The van der Waals surface area contributed by atoms with Crippen LogP contribution in [0.3, 0.4) is 0 Å². The van der Waals surface area contributed by atoms with Crippen molar-refractivity contribution in [1.82, 2.24) is 10.2 Å². The number of rotatable bonds is 1. The van der Waals surface area contributed by atoms with Gasteiger partial charge in [0.05, 0.1) is 10.0 Å². The van der Waals surface area contributed by atoms with Gasteiger partial charge in [-0.1, -0.05) is 46.7 Å². The maximum absolute atomic E-state index is 6.00. The highest BCUT2D eigenvalue weighted by molar-refractivity contribution is 7.18. The smallest absolute Gasteiger partial charge is 0.203 e. The molecule has 0 aliphatic rings. The van der Waals surface area contributed by atoms with Crippen LogP contribution in [0.2, 0.25) is 10.0 Å². The van der Waals surface area contributed by atoms with Gasteiger partial charge in [-0.3, -0.25) is 0 Å². The Morgan fingerprint density at radius 2 is 2.00 bits per heavy atom. The van der Waals surface area contributed by atoms with E-state index in [0.29, 0.717) is 20.2 Å². The fourth-order valence-corrected chi connectivity index (χ4v) is 2.10. The average molecular weight is 246 g/mol. The number of halogens is 2. The molecule has 0 amide bonds. The van der Waals surface area contributed by atoms with Crippen molar-refractivity contribution in [3.8, 4) is 10.6 Å². The fraction of sp³-hybridized carbons (Fsp3) is 0. The summed E-state index contributed by atoms with van der Waals surface area (Å²) in [5, 5.41) is 9.66. The first-order valence-corrected chi connectivity index (χ1v) is 5.29. The monoisotopic (exact) mass is 245 g/mol. The van der Waals surface area contributed by atoms with Gasteiger partial charge in [-0.15, -0.1) is 10.2 Å². The summed E-state index contributed by atoms with van der Waals surface area (Å²) in [5.74, 6) is 0. The Labute approximate surface area is 94.5 Å². The Bertz CT molecular complexity index is 469. The Morgan fingerprint density at radius 3 is 2.64 bits per heavy atom. The molecule has 72 valence electrons. The maximum Gasteiger partial charge on any atom is 0.203 e. The maximum atomic E-state index is 6.00. The largest absolute Gasteiger partial charge is 0.374 e.